The van der Waals surface area contributed by atoms with Crippen molar-refractivity contribution in [2.75, 3.05) is 5.32 Å². The van der Waals surface area contributed by atoms with Gasteiger partial charge in [-0.3, -0.25) is 9.79 Å². The topological polar surface area (TPSA) is 84.8 Å². The van der Waals surface area contributed by atoms with E-state index in [-0.39, 0.29) is 10.7 Å². The van der Waals surface area contributed by atoms with Gasteiger partial charge in [0, 0.05) is 46.0 Å². The number of carbonyl (C=O) groups is 1. The van der Waals surface area contributed by atoms with Crippen LogP contribution in [-0.2, 0) is 16.3 Å². The van der Waals surface area contributed by atoms with Gasteiger partial charge in [0.1, 0.15) is 11.5 Å². The summed E-state index contributed by atoms with van der Waals surface area (Å²) in [5, 5.41) is 6.91. The Morgan fingerprint density at radius 1 is 0.741 bits per heavy atom. The van der Waals surface area contributed by atoms with Crippen LogP contribution >= 0.6 is 11.6 Å². The SMILES string of the molecule is C1=CNc2ccccc2C=N1.O=C(C1=c2ccc3c(c2C(S(=O)(=O)c2ccc(Oc4ccc(Cl)cc4)cc2)CC1)CC=c1ccccc1=3)c1ccccc1. The highest BCUT2D eigenvalue weighted by Gasteiger charge is 2.36. The van der Waals surface area contributed by atoms with E-state index in [1.807, 2.05) is 85.2 Å². The Labute approximate surface area is 318 Å². The van der Waals surface area contributed by atoms with Crippen molar-refractivity contribution in [1.82, 2.24) is 0 Å². The quantitative estimate of drug-likeness (QED) is 0.172. The summed E-state index contributed by atoms with van der Waals surface area (Å²) >= 11 is 5.98. The molecule has 6 nitrogen and oxygen atoms in total. The van der Waals surface area contributed by atoms with Crippen LogP contribution < -0.4 is 20.5 Å². The lowest BCUT2D eigenvalue weighted by molar-refractivity contribution is 0.105. The fourth-order valence-electron chi connectivity index (χ4n) is 7.30. The molecule has 0 fully saturated rings. The number of hydrogen-bond acceptors (Lipinski definition) is 6. The number of ether oxygens (including phenoxy) is 1. The molecule has 1 unspecified atom stereocenters. The van der Waals surface area contributed by atoms with E-state index in [1.54, 1.807) is 54.7 Å². The summed E-state index contributed by atoms with van der Waals surface area (Å²) in [6, 6.07) is 43.0. The highest BCUT2D eigenvalue weighted by Crippen LogP contribution is 2.39. The summed E-state index contributed by atoms with van der Waals surface area (Å²) in [7, 11) is -3.81. The number of ketones is 1. The highest BCUT2D eigenvalue weighted by molar-refractivity contribution is 7.91. The number of fused-ring (bicyclic) bond motifs is 5. The minimum absolute atomic E-state index is 0.0541. The number of carbonyl (C=O) groups excluding carboxylic acids is 1. The predicted molar refractivity (Wildman–Crippen MR) is 216 cm³/mol. The third kappa shape index (κ3) is 7.04. The van der Waals surface area contributed by atoms with E-state index in [9.17, 15) is 13.2 Å². The molecular weight excluding hydrogens is 712 g/mol. The number of rotatable bonds is 6. The number of sulfone groups is 1. The normalized spacial score (nSPS) is 15.1. The molecule has 8 heteroatoms. The third-order valence-electron chi connectivity index (χ3n) is 9.90. The van der Waals surface area contributed by atoms with E-state index >= 15 is 0 Å². The second kappa shape index (κ2) is 15.1. The Morgan fingerprint density at radius 3 is 2.22 bits per heavy atom. The molecule has 1 heterocycles. The van der Waals surface area contributed by atoms with Gasteiger partial charge in [0.25, 0.3) is 0 Å². The molecule has 0 radical (unpaired) electrons. The van der Waals surface area contributed by atoms with Crippen LogP contribution in [0.15, 0.2) is 162 Å². The van der Waals surface area contributed by atoms with Crippen LogP contribution in [0.2, 0.25) is 5.02 Å². The first-order chi connectivity index (χ1) is 26.4. The molecule has 6 aromatic rings. The lowest BCUT2D eigenvalue weighted by atomic mass is 9.83. The van der Waals surface area contributed by atoms with Gasteiger partial charge in [-0.05, 0) is 106 Å². The van der Waals surface area contributed by atoms with Gasteiger partial charge >= 0.3 is 0 Å². The number of benzene rings is 6. The van der Waals surface area contributed by atoms with E-state index in [0.717, 1.165) is 43.3 Å². The lowest BCUT2D eigenvalue weighted by Gasteiger charge is -2.28. The summed E-state index contributed by atoms with van der Waals surface area (Å²) in [6.45, 7) is 0. The second-order valence-electron chi connectivity index (χ2n) is 13.1. The molecule has 0 amide bonds. The van der Waals surface area contributed by atoms with Crippen LogP contribution in [0.1, 0.15) is 45.1 Å². The third-order valence-corrected chi connectivity index (χ3v) is 12.3. The molecule has 0 saturated heterocycles. The van der Waals surface area contributed by atoms with E-state index in [4.69, 9.17) is 16.3 Å². The molecular formula is C46H35ClN2O4S. The molecule has 1 N–H and O–H groups in total. The minimum atomic E-state index is -3.81. The molecule has 1 atom stereocenters. The molecule has 9 rings (SSSR count). The summed E-state index contributed by atoms with van der Waals surface area (Å²) in [5.74, 6) is 1.08. The molecule has 2 aliphatic carbocycles. The van der Waals surface area contributed by atoms with Crippen LogP contribution in [0, 0.1) is 10.4 Å². The Hall–Kier alpha value is -6.02. The molecule has 0 saturated carbocycles. The van der Waals surface area contributed by atoms with Crippen molar-refractivity contribution in [2.24, 2.45) is 4.99 Å². The van der Waals surface area contributed by atoms with Gasteiger partial charge in [-0.1, -0.05) is 103 Å². The Bertz CT molecular complexity index is 2780. The van der Waals surface area contributed by atoms with Crippen LogP contribution in [0.4, 0.5) is 5.69 Å². The van der Waals surface area contributed by atoms with Gasteiger partial charge in [-0.15, -0.1) is 0 Å². The molecule has 0 aromatic heterocycles. The van der Waals surface area contributed by atoms with Gasteiger partial charge in [0.2, 0.25) is 0 Å². The maximum absolute atomic E-state index is 14.4. The number of nitrogens with zero attached hydrogens (tertiary/aromatic N) is 1. The van der Waals surface area contributed by atoms with Crippen molar-refractivity contribution >= 4 is 50.8 Å². The van der Waals surface area contributed by atoms with Crippen molar-refractivity contribution in [3.05, 3.63) is 200 Å². The van der Waals surface area contributed by atoms with Gasteiger partial charge in [-0.25, -0.2) is 8.42 Å². The molecule has 266 valence electrons. The van der Waals surface area contributed by atoms with Crippen LogP contribution in [-0.4, -0.2) is 20.4 Å². The van der Waals surface area contributed by atoms with Crippen molar-refractivity contribution in [3.63, 3.8) is 0 Å². The fraction of sp³-hybridized carbons (Fsp3) is 0.0870. The molecule has 54 heavy (non-hydrogen) atoms. The molecule has 6 aromatic carbocycles. The standard InChI is InChI=1S/C37H27ClO4S.C9H8N2/c38-26-11-13-27(14-12-26)42-28-15-17-29(18-16-28)43(40,41)35-23-22-34(37(39)25-7-2-1-3-8-25)33-21-20-31-30-9-5-4-6-24(30)10-19-32(31)36(33)35;1-2-4-9-8(3-1)7-10-5-6-11-9/h1-18,20-21,35H,19,22-23H2;1-7,11H. The van der Waals surface area contributed by atoms with Crippen LogP contribution in [0.3, 0.4) is 0 Å². The number of hydrogen-bond donors (Lipinski definition) is 1. The summed E-state index contributed by atoms with van der Waals surface area (Å²) in [6.07, 6.45) is 8.85. The number of nitrogens with one attached hydrogen (secondary N) is 1. The van der Waals surface area contributed by atoms with Crippen molar-refractivity contribution in [1.29, 1.82) is 0 Å². The number of Topliss-reactive ketones (excluding diaryl/α,β-unsaturated/α-hetero) is 1. The molecule has 0 bridgehead atoms. The molecule has 0 spiro atoms. The van der Waals surface area contributed by atoms with E-state index in [0.29, 0.717) is 46.9 Å². The first-order valence-corrected chi connectivity index (χ1v) is 19.6. The zero-order valence-corrected chi connectivity index (χ0v) is 30.7. The smallest absolute Gasteiger partial charge is 0.189 e. The number of anilines is 1. The number of para-hydroxylation sites is 1. The molecule has 1 aliphatic heterocycles. The first kappa shape index (κ1) is 35.0. The van der Waals surface area contributed by atoms with Gasteiger partial charge in [0.05, 0.1) is 10.1 Å². The largest absolute Gasteiger partial charge is 0.457 e. The van der Waals surface area contributed by atoms with Crippen LogP contribution in [0.5, 0.6) is 11.5 Å². The average molecular weight is 747 g/mol. The summed E-state index contributed by atoms with van der Waals surface area (Å²) in [4.78, 5) is 18.0. The monoisotopic (exact) mass is 746 g/mol. The number of halogens is 1. The zero-order valence-electron chi connectivity index (χ0n) is 29.2. The zero-order chi connectivity index (χ0) is 37.1. The van der Waals surface area contributed by atoms with Crippen molar-refractivity contribution in [3.8, 4) is 11.5 Å². The van der Waals surface area contributed by atoms with Crippen molar-refractivity contribution < 1.29 is 17.9 Å². The average Bonchev–Trinajstić information content (AvgIpc) is 3.47. The Kier molecular flexibility index (Phi) is 9.83. The molecule has 3 aliphatic rings. The Balaban J connectivity index is 0.000000321. The maximum Gasteiger partial charge on any atom is 0.189 e. The van der Waals surface area contributed by atoms with Gasteiger partial charge in [-0.2, -0.15) is 0 Å². The Morgan fingerprint density at radius 2 is 1.43 bits per heavy atom. The lowest BCUT2D eigenvalue weighted by Crippen LogP contribution is -2.31. The van der Waals surface area contributed by atoms with E-state index < -0.39 is 15.1 Å². The predicted octanol–water partition coefficient (Wildman–Crippen LogP) is 9.10. The van der Waals surface area contributed by atoms with Gasteiger partial charge in [0.15, 0.2) is 15.6 Å². The minimum Gasteiger partial charge on any atom is -0.457 e. The fourth-order valence-corrected chi connectivity index (χ4v) is 9.28. The second-order valence-corrected chi connectivity index (χ2v) is 15.7. The van der Waals surface area contributed by atoms with E-state index in [2.05, 4.69) is 34.6 Å². The maximum atomic E-state index is 14.4. The van der Waals surface area contributed by atoms with Crippen LogP contribution in [0.25, 0.3) is 11.6 Å². The number of aliphatic imine (C=N–C) groups is 1. The van der Waals surface area contributed by atoms with E-state index in [1.165, 1.54) is 0 Å². The highest BCUT2D eigenvalue weighted by atomic mass is 35.5. The summed E-state index contributed by atoms with van der Waals surface area (Å²) < 4.78 is 34.6. The van der Waals surface area contributed by atoms with Gasteiger partial charge < -0.3 is 10.1 Å². The van der Waals surface area contributed by atoms with Crippen molar-refractivity contribution in [2.45, 2.75) is 29.4 Å². The first-order valence-electron chi connectivity index (χ1n) is 17.7. The summed E-state index contributed by atoms with van der Waals surface area (Å²) in [5.41, 5.74) is 5.22.